The molecule has 0 fully saturated rings. The van der Waals surface area contributed by atoms with Gasteiger partial charge in [0.1, 0.15) is 5.75 Å². The molecule has 160 valence electrons. The third-order valence-electron chi connectivity index (χ3n) is 4.87. The molecule has 2 heterocycles. The molecule has 0 radical (unpaired) electrons. The van der Waals surface area contributed by atoms with E-state index in [1.165, 1.54) is 11.3 Å². The highest BCUT2D eigenvalue weighted by Crippen LogP contribution is 2.35. The molecule has 0 saturated heterocycles. The number of carbonyl (C=O) groups is 1. The van der Waals surface area contributed by atoms with Crippen molar-refractivity contribution in [3.8, 4) is 5.75 Å². The van der Waals surface area contributed by atoms with E-state index in [-0.39, 0.29) is 17.7 Å². The van der Waals surface area contributed by atoms with Gasteiger partial charge in [-0.1, -0.05) is 24.3 Å². The molecule has 3 aromatic rings. The molecule has 1 N–H and O–H groups in total. The number of ether oxygens (including phenoxy) is 1. The van der Waals surface area contributed by atoms with Crippen LogP contribution in [0.1, 0.15) is 34.1 Å². The van der Waals surface area contributed by atoms with E-state index in [4.69, 9.17) is 9.15 Å². The Balaban J connectivity index is 1.65. The predicted molar refractivity (Wildman–Crippen MR) is 117 cm³/mol. The molecule has 0 bridgehead atoms. The molecule has 2 aromatic carbocycles. The Morgan fingerprint density at radius 3 is 2.42 bits per heavy atom. The highest BCUT2D eigenvalue weighted by atomic mass is 32.2. The number of carbonyl (C=O) groups excluding carboxylic acids is 1. The van der Waals surface area contributed by atoms with Crippen molar-refractivity contribution in [2.75, 3.05) is 18.1 Å². The Bertz CT molecular complexity index is 1200. The Kier molecular flexibility index (Phi) is 5.51. The van der Waals surface area contributed by atoms with Crippen LogP contribution in [0.4, 0.5) is 5.69 Å². The molecule has 1 aromatic heterocycles. The van der Waals surface area contributed by atoms with Crippen LogP contribution in [-0.2, 0) is 10.0 Å². The zero-order chi connectivity index (χ0) is 22.0. The Morgan fingerprint density at radius 1 is 1.13 bits per heavy atom. The van der Waals surface area contributed by atoms with Crippen LogP contribution in [0, 0.1) is 0 Å². The van der Waals surface area contributed by atoms with Crippen molar-refractivity contribution >= 4 is 27.3 Å². The van der Waals surface area contributed by atoms with Gasteiger partial charge in [0, 0.05) is 12.1 Å². The maximum absolute atomic E-state index is 13.0. The zero-order valence-corrected chi connectivity index (χ0v) is 17.8. The van der Waals surface area contributed by atoms with E-state index in [2.05, 4.69) is 9.82 Å². The van der Waals surface area contributed by atoms with E-state index in [0.29, 0.717) is 17.8 Å². The summed E-state index contributed by atoms with van der Waals surface area (Å²) >= 11 is 0. The zero-order valence-electron chi connectivity index (χ0n) is 17.0. The summed E-state index contributed by atoms with van der Waals surface area (Å²) in [6.07, 6.45) is 3.04. The van der Waals surface area contributed by atoms with Gasteiger partial charge in [-0.15, -0.1) is 0 Å². The van der Waals surface area contributed by atoms with Crippen molar-refractivity contribution in [2.24, 2.45) is 5.10 Å². The van der Waals surface area contributed by atoms with E-state index in [9.17, 15) is 13.2 Å². The summed E-state index contributed by atoms with van der Waals surface area (Å²) in [5.41, 5.74) is 2.88. The number of sulfonamides is 1. The number of amides is 1. The van der Waals surface area contributed by atoms with Gasteiger partial charge < -0.3 is 9.15 Å². The quantitative estimate of drug-likeness (QED) is 0.632. The first-order valence-corrected chi connectivity index (χ1v) is 11.4. The maximum atomic E-state index is 13.0. The van der Waals surface area contributed by atoms with E-state index in [0.717, 1.165) is 23.1 Å². The second-order valence-corrected chi connectivity index (χ2v) is 8.87. The van der Waals surface area contributed by atoms with E-state index >= 15 is 0 Å². The minimum Gasteiger partial charge on any atom is -0.497 e. The lowest BCUT2D eigenvalue weighted by molar-refractivity contribution is 0.0678. The molecule has 1 amide bonds. The lowest BCUT2D eigenvalue weighted by Crippen LogP contribution is -2.26. The molecule has 0 saturated carbocycles. The van der Waals surface area contributed by atoms with Gasteiger partial charge in [0.2, 0.25) is 10.0 Å². The standard InChI is InChI=1S/C22H21N3O5S/c1-29-18-11-7-16(8-12-18)20-14-19(23-25(20)22(26)21-4-3-13-30-21)15-5-9-17(10-6-15)24-31(2,27)28/h3-13,20,24H,14H2,1-2H3/t20-/m1/s1. The second kappa shape index (κ2) is 8.27. The molecule has 0 unspecified atom stereocenters. The second-order valence-electron chi connectivity index (χ2n) is 7.12. The molecular formula is C22H21N3O5S. The summed E-state index contributed by atoms with van der Waals surface area (Å²) in [6.45, 7) is 0. The molecule has 31 heavy (non-hydrogen) atoms. The van der Waals surface area contributed by atoms with Gasteiger partial charge >= 0.3 is 5.91 Å². The third-order valence-corrected chi connectivity index (χ3v) is 5.48. The third kappa shape index (κ3) is 4.61. The smallest absolute Gasteiger partial charge is 0.310 e. The molecule has 8 nitrogen and oxygen atoms in total. The van der Waals surface area contributed by atoms with Gasteiger partial charge in [0.25, 0.3) is 0 Å². The van der Waals surface area contributed by atoms with Gasteiger partial charge in [0.15, 0.2) is 5.76 Å². The number of methoxy groups -OCH3 is 1. The monoisotopic (exact) mass is 439 g/mol. The number of nitrogens with zero attached hydrogens (tertiary/aromatic N) is 2. The van der Waals surface area contributed by atoms with Gasteiger partial charge in [-0.25, -0.2) is 13.4 Å². The summed E-state index contributed by atoms with van der Waals surface area (Å²) in [4.78, 5) is 13.0. The fourth-order valence-corrected chi connectivity index (χ4v) is 3.98. The highest BCUT2D eigenvalue weighted by molar-refractivity contribution is 7.92. The molecule has 1 aliphatic rings. The maximum Gasteiger partial charge on any atom is 0.310 e. The highest BCUT2D eigenvalue weighted by Gasteiger charge is 2.34. The molecule has 1 aliphatic heterocycles. The van der Waals surface area contributed by atoms with Crippen molar-refractivity contribution in [1.82, 2.24) is 5.01 Å². The Hall–Kier alpha value is -3.59. The van der Waals surface area contributed by atoms with E-state index in [1.54, 1.807) is 43.5 Å². The number of benzene rings is 2. The van der Waals surface area contributed by atoms with Gasteiger partial charge in [-0.05, 0) is 47.5 Å². The van der Waals surface area contributed by atoms with Crippen molar-refractivity contribution in [2.45, 2.75) is 12.5 Å². The average molecular weight is 439 g/mol. The van der Waals surface area contributed by atoms with Crippen LogP contribution in [0.2, 0.25) is 0 Å². The van der Waals surface area contributed by atoms with E-state index < -0.39 is 10.0 Å². The number of rotatable bonds is 6. The van der Waals surface area contributed by atoms with Gasteiger partial charge in [0.05, 0.1) is 31.4 Å². The van der Waals surface area contributed by atoms with Gasteiger partial charge in [-0.2, -0.15) is 5.10 Å². The lowest BCUT2D eigenvalue weighted by Gasteiger charge is -2.21. The van der Waals surface area contributed by atoms with Crippen LogP contribution in [0.15, 0.2) is 76.4 Å². The fraction of sp³-hybridized carbons (Fsp3) is 0.182. The Labute approximate surface area is 180 Å². The molecular weight excluding hydrogens is 418 g/mol. The summed E-state index contributed by atoms with van der Waals surface area (Å²) in [7, 11) is -1.76. The summed E-state index contributed by atoms with van der Waals surface area (Å²) in [5, 5.41) is 6.02. The normalized spacial score (nSPS) is 16.1. The minimum absolute atomic E-state index is 0.205. The fourth-order valence-electron chi connectivity index (χ4n) is 3.42. The number of furan rings is 1. The number of nitrogens with one attached hydrogen (secondary N) is 1. The number of hydrogen-bond acceptors (Lipinski definition) is 6. The molecule has 9 heteroatoms. The van der Waals surface area contributed by atoms with Crippen molar-refractivity contribution in [1.29, 1.82) is 0 Å². The van der Waals surface area contributed by atoms with Crippen LogP contribution in [0.3, 0.4) is 0 Å². The summed E-state index contributed by atoms with van der Waals surface area (Å²) in [5.74, 6) is 0.591. The number of hydrogen-bond donors (Lipinski definition) is 1. The molecule has 0 spiro atoms. The van der Waals surface area contributed by atoms with Gasteiger partial charge in [-0.3, -0.25) is 9.52 Å². The van der Waals surface area contributed by atoms with Crippen LogP contribution < -0.4 is 9.46 Å². The minimum atomic E-state index is -3.36. The number of hydrazone groups is 1. The first kappa shape index (κ1) is 20.7. The lowest BCUT2D eigenvalue weighted by atomic mass is 9.98. The topological polar surface area (TPSA) is 101 Å². The van der Waals surface area contributed by atoms with Crippen molar-refractivity contribution in [3.63, 3.8) is 0 Å². The number of anilines is 1. The van der Waals surface area contributed by atoms with Crippen LogP contribution in [-0.4, -0.2) is 38.4 Å². The summed E-state index contributed by atoms with van der Waals surface area (Å²) in [6, 6.07) is 17.3. The first-order chi connectivity index (χ1) is 14.8. The first-order valence-electron chi connectivity index (χ1n) is 9.51. The molecule has 0 aliphatic carbocycles. The van der Waals surface area contributed by atoms with Crippen LogP contribution in [0.5, 0.6) is 5.75 Å². The van der Waals surface area contributed by atoms with Crippen molar-refractivity contribution in [3.05, 3.63) is 83.8 Å². The summed E-state index contributed by atoms with van der Waals surface area (Å²) < 4.78 is 35.8. The van der Waals surface area contributed by atoms with Crippen molar-refractivity contribution < 1.29 is 22.4 Å². The SMILES string of the molecule is COc1ccc([C@H]2CC(c3ccc(NS(C)(=O)=O)cc3)=NN2C(=O)c2ccco2)cc1. The van der Waals surface area contributed by atoms with E-state index in [1.807, 2.05) is 24.3 Å². The molecule has 1 atom stereocenters. The average Bonchev–Trinajstić information content (AvgIpc) is 3.43. The molecule has 4 rings (SSSR count). The predicted octanol–water partition coefficient (Wildman–Crippen LogP) is 3.65. The van der Waals surface area contributed by atoms with Crippen LogP contribution in [0.25, 0.3) is 0 Å². The van der Waals surface area contributed by atoms with Crippen LogP contribution >= 0.6 is 0 Å². The Morgan fingerprint density at radius 2 is 1.84 bits per heavy atom. The largest absolute Gasteiger partial charge is 0.497 e.